The number of hydrogen-bond acceptors (Lipinski definition) is 18. The second-order valence-electron chi connectivity index (χ2n) is 7.98. The van der Waals surface area contributed by atoms with Crippen LogP contribution < -0.4 is 5.73 Å². The van der Waals surface area contributed by atoms with Crippen molar-refractivity contribution in [2.24, 2.45) is 0 Å². The summed E-state index contributed by atoms with van der Waals surface area (Å²) < 4.78 is 47.8. The molecule has 4 heterocycles. The Morgan fingerprint density at radius 3 is 2.37 bits per heavy atom. The number of anilines is 1. The highest BCUT2D eigenvalue weighted by Gasteiger charge is 2.48. The molecule has 0 aromatic carbocycles. The van der Waals surface area contributed by atoms with E-state index in [1.807, 2.05) is 0 Å². The first-order chi connectivity index (χ1) is 17.7. The van der Waals surface area contributed by atoms with Crippen LogP contribution in [0.15, 0.2) is 12.7 Å². The molecule has 2 aliphatic heterocycles. The smallest absolute Gasteiger partial charge is 0.387 e. The highest BCUT2D eigenvalue weighted by Crippen LogP contribution is 2.60. The quantitative estimate of drug-likeness (QED) is 0.0549. The SMILES string of the molecule is Nc1ncnc2c1ncn2[C@@H]1O[C@H](COP(=O)(O)OP(=O)(O)OO[C@H](O)[C@@H]2O[C@H](O)[C@H](O)[C@@H]2O)[C@H](O)[C@H]1O. The number of nitrogens with zero attached hydrogens (tertiary/aromatic N) is 4. The van der Waals surface area contributed by atoms with Gasteiger partial charge in [0.1, 0.15) is 48.5 Å². The highest BCUT2D eigenvalue weighted by molar-refractivity contribution is 7.61. The van der Waals surface area contributed by atoms with E-state index < -0.39 is 77.7 Å². The molecule has 11 atom stereocenters. The topological polar surface area (TPSA) is 321 Å². The Morgan fingerprint density at radius 1 is 1.00 bits per heavy atom. The zero-order valence-electron chi connectivity index (χ0n) is 18.7. The Hall–Kier alpha value is -1.75. The van der Waals surface area contributed by atoms with Gasteiger partial charge in [0.05, 0.1) is 12.9 Å². The molecule has 0 saturated carbocycles. The lowest BCUT2D eigenvalue weighted by Crippen LogP contribution is -2.40. The summed E-state index contributed by atoms with van der Waals surface area (Å²) in [5.74, 6) is 0.0364. The van der Waals surface area contributed by atoms with E-state index in [2.05, 4.69) is 38.1 Å². The van der Waals surface area contributed by atoms with Gasteiger partial charge < -0.3 is 55.6 Å². The molecule has 38 heavy (non-hydrogen) atoms. The molecule has 0 amide bonds. The van der Waals surface area contributed by atoms with E-state index >= 15 is 0 Å². The van der Waals surface area contributed by atoms with E-state index in [1.54, 1.807) is 0 Å². The molecule has 23 heteroatoms. The molecule has 2 aromatic heterocycles. The minimum Gasteiger partial charge on any atom is -0.387 e. The van der Waals surface area contributed by atoms with Crippen molar-refractivity contribution in [2.75, 3.05) is 12.3 Å². The highest BCUT2D eigenvalue weighted by atomic mass is 31.3. The van der Waals surface area contributed by atoms with Gasteiger partial charge in [-0.15, -0.1) is 4.67 Å². The van der Waals surface area contributed by atoms with Gasteiger partial charge in [0.25, 0.3) is 0 Å². The first kappa shape index (κ1) is 29.2. The molecule has 0 radical (unpaired) electrons. The molecule has 0 bridgehead atoms. The number of rotatable bonds is 10. The first-order valence-electron chi connectivity index (χ1n) is 10.4. The molecule has 2 saturated heterocycles. The average molecular weight is 591 g/mol. The summed E-state index contributed by atoms with van der Waals surface area (Å²) in [6.07, 6.45) is -13.6. The van der Waals surface area contributed by atoms with Crippen LogP contribution in [0, 0.1) is 0 Å². The number of phosphoric acid groups is 2. The first-order valence-corrected chi connectivity index (χ1v) is 13.4. The number of imidazole rings is 1. The molecule has 2 unspecified atom stereocenters. The van der Waals surface area contributed by atoms with Crippen molar-refractivity contribution in [3.8, 4) is 0 Å². The minimum atomic E-state index is -5.60. The summed E-state index contributed by atoms with van der Waals surface area (Å²) in [5, 5.41) is 58.6. The van der Waals surface area contributed by atoms with E-state index in [0.717, 1.165) is 6.33 Å². The number of hydrogen-bond donors (Lipinski definition) is 9. The largest absolute Gasteiger partial charge is 0.508 e. The van der Waals surface area contributed by atoms with Gasteiger partial charge in [-0.25, -0.2) is 24.1 Å². The van der Waals surface area contributed by atoms with Crippen molar-refractivity contribution in [3.63, 3.8) is 0 Å². The van der Waals surface area contributed by atoms with Gasteiger partial charge >= 0.3 is 15.6 Å². The number of nitrogens with two attached hydrogens (primary N) is 1. The van der Waals surface area contributed by atoms with Gasteiger partial charge in [0.2, 0.25) is 6.29 Å². The van der Waals surface area contributed by atoms with E-state index in [1.165, 1.54) is 10.9 Å². The Morgan fingerprint density at radius 2 is 1.71 bits per heavy atom. The van der Waals surface area contributed by atoms with Gasteiger partial charge in [-0.1, -0.05) is 0 Å². The maximum atomic E-state index is 12.1. The molecule has 0 spiro atoms. The lowest BCUT2D eigenvalue weighted by Gasteiger charge is -2.21. The molecular weight excluding hydrogens is 568 g/mol. The van der Waals surface area contributed by atoms with Crippen molar-refractivity contribution >= 4 is 32.6 Å². The number of phosphoric ester groups is 1. The second kappa shape index (κ2) is 11.0. The van der Waals surface area contributed by atoms with Crippen molar-refractivity contribution in [1.82, 2.24) is 19.5 Å². The van der Waals surface area contributed by atoms with Crippen LogP contribution in [0.2, 0.25) is 0 Å². The molecule has 10 N–H and O–H groups in total. The second-order valence-corrected chi connectivity index (χ2v) is 10.9. The lowest BCUT2D eigenvalue weighted by atomic mass is 10.1. The van der Waals surface area contributed by atoms with Gasteiger partial charge in [0.15, 0.2) is 24.0 Å². The van der Waals surface area contributed by atoms with Crippen LogP contribution in [-0.4, -0.2) is 116 Å². The molecule has 214 valence electrons. The van der Waals surface area contributed by atoms with Gasteiger partial charge in [-0.05, 0) is 0 Å². The monoisotopic (exact) mass is 591 g/mol. The van der Waals surface area contributed by atoms with Gasteiger partial charge in [-0.2, -0.15) is 9.20 Å². The van der Waals surface area contributed by atoms with E-state index in [0.29, 0.717) is 0 Å². The molecule has 2 aliphatic rings. The van der Waals surface area contributed by atoms with E-state index in [9.17, 15) is 49.6 Å². The number of nitrogen functional groups attached to an aromatic ring is 1. The predicted molar refractivity (Wildman–Crippen MR) is 113 cm³/mol. The number of aromatic nitrogens is 4. The lowest BCUT2D eigenvalue weighted by molar-refractivity contribution is -0.346. The molecule has 2 fully saturated rings. The number of aliphatic hydroxyl groups is 6. The summed E-state index contributed by atoms with van der Waals surface area (Å²) in [7, 11) is -11.0. The van der Waals surface area contributed by atoms with Crippen molar-refractivity contribution in [3.05, 3.63) is 12.7 Å². The number of aliphatic hydroxyl groups excluding tert-OH is 6. The zero-order chi connectivity index (χ0) is 28.0. The van der Waals surface area contributed by atoms with Crippen LogP contribution in [0.5, 0.6) is 0 Å². The van der Waals surface area contributed by atoms with Crippen molar-refractivity contribution < 1.29 is 77.4 Å². The van der Waals surface area contributed by atoms with Crippen LogP contribution in [0.4, 0.5) is 5.82 Å². The fourth-order valence-electron chi connectivity index (χ4n) is 3.56. The zero-order valence-corrected chi connectivity index (χ0v) is 20.5. The Balaban J connectivity index is 1.32. The molecular formula is C15H23N5O16P2. The summed E-state index contributed by atoms with van der Waals surface area (Å²) in [6, 6.07) is 0. The van der Waals surface area contributed by atoms with Crippen molar-refractivity contribution in [2.45, 2.75) is 55.4 Å². The standard InChI is InChI=1S/C15H23N5O16P2/c16-11-5-12(18-2-17-11)20(3-19-5)13-8(23)6(21)4(32-13)1-31-37(27,28)36-38(29,30)35-34-15(26)10-7(22)9(24)14(25)33-10/h2-4,6-10,13-15,21-26H,1H2,(H,27,28)(H,29,30)(H2,16,17,18)/t4-,6+,7+,8-,9-,10-,13-,14+,15+/m1/s1. The summed E-state index contributed by atoms with van der Waals surface area (Å²) in [4.78, 5) is 35.2. The third kappa shape index (κ3) is 6.03. The van der Waals surface area contributed by atoms with Crippen LogP contribution in [0.3, 0.4) is 0 Å². The molecule has 2 aromatic rings. The molecule has 4 rings (SSSR count). The maximum absolute atomic E-state index is 12.1. The minimum absolute atomic E-state index is 0.0364. The van der Waals surface area contributed by atoms with Crippen LogP contribution in [0.1, 0.15) is 6.23 Å². The summed E-state index contributed by atoms with van der Waals surface area (Å²) >= 11 is 0. The van der Waals surface area contributed by atoms with E-state index in [4.69, 9.17) is 10.5 Å². The third-order valence-electron chi connectivity index (χ3n) is 5.40. The fraction of sp³-hybridized carbons (Fsp3) is 0.667. The number of fused-ring (bicyclic) bond motifs is 1. The molecule has 0 aliphatic carbocycles. The van der Waals surface area contributed by atoms with E-state index in [-0.39, 0.29) is 17.0 Å². The van der Waals surface area contributed by atoms with Gasteiger partial charge in [0, 0.05) is 0 Å². The summed E-state index contributed by atoms with van der Waals surface area (Å²) in [6.45, 7) is -0.951. The van der Waals surface area contributed by atoms with Gasteiger partial charge in [-0.3, -0.25) is 9.09 Å². The third-order valence-corrected chi connectivity index (χ3v) is 7.80. The average Bonchev–Trinajstić information content (AvgIpc) is 3.47. The predicted octanol–water partition coefficient (Wildman–Crippen LogP) is -4.03. The Bertz CT molecular complexity index is 1240. The summed E-state index contributed by atoms with van der Waals surface area (Å²) in [5.41, 5.74) is 6.03. The van der Waals surface area contributed by atoms with Crippen LogP contribution >= 0.6 is 15.6 Å². The maximum Gasteiger partial charge on any atom is 0.508 e. The van der Waals surface area contributed by atoms with Crippen LogP contribution in [-0.2, 0) is 37.0 Å². The van der Waals surface area contributed by atoms with Crippen LogP contribution in [0.25, 0.3) is 11.2 Å². The normalized spacial score (nSPS) is 35.8. The van der Waals surface area contributed by atoms with Crippen molar-refractivity contribution in [1.29, 1.82) is 0 Å². The Labute approximate surface area is 210 Å². The fourth-order valence-corrected chi connectivity index (χ4v) is 5.44. The number of ether oxygens (including phenoxy) is 2. The molecule has 21 nitrogen and oxygen atoms in total. The Kier molecular flexibility index (Phi) is 8.48.